The van der Waals surface area contributed by atoms with E-state index in [1.165, 1.54) is 10.4 Å². The van der Waals surface area contributed by atoms with Crippen molar-refractivity contribution < 1.29 is 0 Å². The Bertz CT molecular complexity index is 599. The number of nitrogens with one attached hydrogen (secondary N) is 1. The van der Waals surface area contributed by atoms with Gasteiger partial charge < -0.3 is 5.32 Å². The van der Waals surface area contributed by atoms with Crippen LogP contribution >= 0.6 is 11.3 Å². The molecule has 0 saturated heterocycles. The largest absolute Gasteiger partial charge is 0.308 e. The van der Waals surface area contributed by atoms with Crippen molar-refractivity contribution in [2.24, 2.45) is 0 Å². The number of rotatable bonds is 5. The molecule has 0 saturated carbocycles. The fourth-order valence-electron chi connectivity index (χ4n) is 1.85. The monoisotopic (exact) mass is 270 g/mol. The Morgan fingerprint density at radius 3 is 2.74 bits per heavy atom. The molecule has 5 heteroatoms. The summed E-state index contributed by atoms with van der Waals surface area (Å²) in [6, 6.07) is 10.3. The lowest BCUT2D eigenvalue weighted by atomic mass is 10.2. The molecule has 0 radical (unpaired) electrons. The van der Waals surface area contributed by atoms with Gasteiger partial charge in [-0.25, -0.2) is 4.68 Å². The predicted molar refractivity (Wildman–Crippen MR) is 76.2 cm³/mol. The van der Waals surface area contributed by atoms with Gasteiger partial charge in [-0.15, -0.1) is 11.3 Å². The van der Waals surface area contributed by atoms with Gasteiger partial charge in [0.2, 0.25) is 0 Å². The van der Waals surface area contributed by atoms with E-state index in [4.69, 9.17) is 0 Å². The first-order valence-electron chi connectivity index (χ1n) is 6.09. The van der Waals surface area contributed by atoms with Gasteiger partial charge in [-0.2, -0.15) is 5.10 Å². The van der Waals surface area contributed by atoms with Gasteiger partial charge in [-0.1, -0.05) is 12.1 Å². The summed E-state index contributed by atoms with van der Waals surface area (Å²) in [5.41, 5.74) is 4.20. The van der Waals surface area contributed by atoms with Crippen LogP contribution in [0.4, 0.5) is 0 Å². The van der Waals surface area contributed by atoms with Crippen molar-refractivity contribution in [3.05, 3.63) is 64.9 Å². The van der Waals surface area contributed by atoms with Gasteiger partial charge >= 0.3 is 0 Å². The van der Waals surface area contributed by atoms with Gasteiger partial charge in [0.15, 0.2) is 0 Å². The molecule has 0 aliphatic rings. The van der Waals surface area contributed by atoms with Gasteiger partial charge in [0, 0.05) is 36.6 Å². The molecule has 2 aromatic heterocycles. The van der Waals surface area contributed by atoms with E-state index in [-0.39, 0.29) is 0 Å². The van der Waals surface area contributed by atoms with Crippen LogP contribution in [0.2, 0.25) is 0 Å². The lowest BCUT2D eigenvalue weighted by molar-refractivity contribution is 0.699. The summed E-state index contributed by atoms with van der Waals surface area (Å²) in [5, 5.41) is 7.61. The Morgan fingerprint density at radius 2 is 2.05 bits per heavy atom. The number of hydrogen-bond acceptors (Lipinski definition) is 4. The molecular formula is C14H14N4S. The summed E-state index contributed by atoms with van der Waals surface area (Å²) < 4.78 is 1.86. The number of hydrogen-bond donors (Lipinski definition) is 1. The normalized spacial score (nSPS) is 10.7. The lowest BCUT2D eigenvalue weighted by Gasteiger charge is -2.05. The van der Waals surface area contributed by atoms with Crippen LogP contribution in [-0.2, 0) is 13.1 Å². The topological polar surface area (TPSA) is 42.7 Å². The first-order valence-corrected chi connectivity index (χ1v) is 6.97. The number of thiazole rings is 1. The molecule has 4 nitrogen and oxygen atoms in total. The number of benzene rings is 1. The summed E-state index contributed by atoms with van der Waals surface area (Å²) >= 11 is 1.67. The molecule has 0 bridgehead atoms. The fraction of sp³-hybridized carbons (Fsp3) is 0.143. The first kappa shape index (κ1) is 12.1. The maximum atomic E-state index is 4.21. The first-order chi connectivity index (χ1) is 9.42. The lowest BCUT2D eigenvalue weighted by Crippen LogP contribution is -2.11. The van der Waals surface area contributed by atoms with Crippen LogP contribution < -0.4 is 5.32 Å². The third-order valence-electron chi connectivity index (χ3n) is 2.82. The molecule has 3 rings (SSSR count). The van der Waals surface area contributed by atoms with Crippen molar-refractivity contribution in [3.8, 4) is 5.69 Å². The second-order valence-corrected chi connectivity index (χ2v) is 5.16. The van der Waals surface area contributed by atoms with E-state index in [1.807, 2.05) is 28.7 Å². The molecule has 19 heavy (non-hydrogen) atoms. The Hall–Kier alpha value is -1.98. The van der Waals surface area contributed by atoms with Crippen LogP contribution in [0, 0.1) is 0 Å². The molecule has 1 N–H and O–H groups in total. The Morgan fingerprint density at radius 1 is 1.16 bits per heavy atom. The van der Waals surface area contributed by atoms with Gasteiger partial charge in [-0.3, -0.25) is 4.98 Å². The van der Waals surface area contributed by atoms with Crippen LogP contribution in [0.1, 0.15) is 10.4 Å². The van der Waals surface area contributed by atoms with Crippen molar-refractivity contribution >= 4 is 11.3 Å². The van der Waals surface area contributed by atoms with Crippen LogP contribution in [0.25, 0.3) is 5.69 Å². The minimum Gasteiger partial charge on any atom is -0.308 e. The third kappa shape index (κ3) is 3.07. The van der Waals surface area contributed by atoms with Crippen LogP contribution in [-0.4, -0.2) is 14.8 Å². The van der Waals surface area contributed by atoms with E-state index >= 15 is 0 Å². The molecule has 0 unspecified atom stereocenters. The summed E-state index contributed by atoms with van der Waals surface area (Å²) in [6.07, 6.45) is 5.63. The molecular weight excluding hydrogens is 256 g/mol. The molecule has 0 fully saturated rings. The molecule has 0 spiro atoms. The SMILES string of the molecule is c1cnn(-c2ccc(CNCc3cncs3)cc2)c1. The molecule has 0 amide bonds. The maximum Gasteiger partial charge on any atom is 0.0794 e. The number of aromatic nitrogens is 3. The number of nitrogens with zero attached hydrogens (tertiary/aromatic N) is 3. The summed E-state index contributed by atoms with van der Waals surface area (Å²) in [6.45, 7) is 1.73. The van der Waals surface area contributed by atoms with Crippen LogP contribution in [0.3, 0.4) is 0 Å². The van der Waals surface area contributed by atoms with Gasteiger partial charge in [0.25, 0.3) is 0 Å². The predicted octanol–water partition coefficient (Wildman–Crippen LogP) is 2.62. The average molecular weight is 270 g/mol. The highest BCUT2D eigenvalue weighted by Crippen LogP contribution is 2.09. The molecule has 96 valence electrons. The molecule has 3 aromatic rings. The Balaban J connectivity index is 1.57. The zero-order valence-corrected chi connectivity index (χ0v) is 11.2. The highest BCUT2D eigenvalue weighted by molar-refractivity contribution is 7.09. The van der Waals surface area contributed by atoms with E-state index in [2.05, 4.69) is 39.7 Å². The van der Waals surface area contributed by atoms with E-state index in [0.29, 0.717) is 0 Å². The second-order valence-electron chi connectivity index (χ2n) is 4.19. The maximum absolute atomic E-state index is 4.21. The van der Waals surface area contributed by atoms with E-state index < -0.39 is 0 Å². The summed E-state index contributed by atoms with van der Waals surface area (Å²) in [7, 11) is 0. The minimum atomic E-state index is 0.858. The Kier molecular flexibility index (Phi) is 3.67. The van der Waals surface area contributed by atoms with Crippen molar-refractivity contribution in [2.45, 2.75) is 13.1 Å². The fourth-order valence-corrected chi connectivity index (χ4v) is 2.41. The van der Waals surface area contributed by atoms with Crippen LogP contribution in [0.15, 0.2) is 54.4 Å². The zero-order chi connectivity index (χ0) is 12.9. The van der Waals surface area contributed by atoms with Crippen molar-refractivity contribution in [1.29, 1.82) is 0 Å². The molecule has 0 atom stereocenters. The Labute approximate surface area is 115 Å². The molecule has 0 aliphatic carbocycles. The highest BCUT2D eigenvalue weighted by atomic mass is 32.1. The molecule has 0 aliphatic heterocycles. The van der Waals surface area contributed by atoms with E-state index in [0.717, 1.165) is 18.8 Å². The van der Waals surface area contributed by atoms with Crippen molar-refractivity contribution in [1.82, 2.24) is 20.1 Å². The van der Waals surface area contributed by atoms with Gasteiger partial charge in [-0.05, 0) is 23.8 Å². The van der Waals surface area contributed by atoms with Crippen molar-refractivity contribution in [3.63, 3.8) is 0 Å². The average Bonchev–Trinajstić information content (AvgIpc) is 3.13. The highest BCUT2D eigenvalue weighted by Gasteiger charge is 1.98. The minimum absolute atomic E-state index is 0.858. The van der Waals surface area contributed by atoms with Gasteiger partial charge in [0.1, 0.15) is 0 Å². The van der Waals surface area contributed by atoms with Crippen LogP contribution in [0.5, 0.6) is 0 Å². The quantitative estimate of drug-likeness (QED) is 0.775. The van der Waals surface area contributed by atoms with Gasteiger partial charge in [0.05, 0.1) is 11.2 Å². The molecule has 1 aromatic carbocycles. The smallest absolute Gasteiger partial charge is 0.0794 e. The van der Waals surface area contributed by atoms with Crippen molar-refractivity contribution in [2.75, 3.05) is 0 Å². The summed E-state index contributed by atoms with van der Waals surface area (Å²) in [4.78, 5) is 5.31. The van der Waals surface area contributed by atoms with E-state index in [1.54, 1.807) is 17.5 Å². The van der Waals surface area contributed by atoms with E-state index in [9.17, 15) is 0 Å². The third-order valence-corrected chi connectivity index (χ3v) is 3.60. The standard InChI is InChI=1S/C14H14N4S/c1-6-17-18(7-1)13-4-2-12(3-5-13)8-15-9-14-10-16-11-19-14/h1-7,10-11,15H,8-9H2. The second kappa shape index (κ2) is 5.77. The zero-order valence-electron chi connectivity index (χ0n) is 10.4. The molecule has 2 heterocycles. The summed E-state index contributed by atoms with van der Waals surface area (Å²) in [5.74, 6) is 0.